The zero-order valence-electron chi connectivity index (χ0n) is 10.9. The van der Waals surface area contributed by atoms with Crippen LogP contribution in [0.2, 0.25) is 10.0 Å². The molecule has 21 heavy (non-hydrogen) atoms. The maximum Gasteiger partial charge on any atom is 0.329 e. The normalized spacial score (nSPS) is 11.2. The highest BCUT2D eigenvalue weighted by Crippen LogP contribution is 2.23. The van der Waals surface area contributed by atoms with Crippen LogP contribution in [0.5, 0.6) is 0 Å². The van der Waals surface area contributed by atoms with E-state index in [1.165, 1.54) is 11.3 Å². The van der Waals surface area contributed by atoms with Gasteiger partial charge in [-0.1, -0.05) is 29.3 Å². The van der Waals surface area contributed by atoms with Gasteiger partial charge >= 0.3 is 5.69 Å². The quantitative estimate of drug-likeness (QED) is 0.777. The molecule has 1 N–H and O–H groups in total. The summed E-state index contributed by atoms with van der Waals surface area (Å²) < 4.78 is 1.16. The molecule has 0 aliphatic carbocycles. The maximum atomic E-state index is 12.4. The summed E-state index contributed by atoms with van der Waals surface area (Å²) in [4.78, 5) is 28.8. The Morgan fingerprint density at radius 2 is 1.95 bits per heavy atom. The number of nitrogens with zero attached hydrogens (tertiary/aromatic N) is 1. The molecule has 3 aromatic rings. The minimum atomic E-state index is -0.430. The molecular formula is C14H10Cl2N2O2S. The van der Waals surface area contributed by atoms with Gasteiger partial charge in [0.2, 0.25) is 0 Å². The summed E-state index contributed by atoms with van der Waals surface area (Å²) in [6.07, 6.45) is 0. The summed E-state index contributed by atoms with van der Waals surface area (Å²) in [6.45, 7) is 2.04. The molecule has 2 heterocycles. The standard InChI is InChI=1S/C14H10Cl2N2O2S/c1-7-4-9-12(21-7)17-14(20)18(13(9)19)6-8-2-3-10(15)11(16)5-8/h2-5H,6H2,1H3,(H,17,20). The van der Waals surface area contributed by atoms with Gasteiger partial charge in [0.15, 0.2) is 0 Å². The Bertz CT molecular complexity index is 956. The molecule has 4 nitrogen and oxygen atoms in total. The molecule has 0 unspecified atom stereocenters. The topological polar surface area (TPSA) is 54.9 Å². The van der Waals surface area contributed by atoms with Gasteiger partial charge in [-0.25, -0.2) is 4.79 Å². The lowest BCUT2D eigenvalue weighted by molar-refractivity contribution is 0.713. The van der Waals surface area contributed by atoms with Crippen molar-refractivity contribution in [2.45, 2.75) is 13.5 Å². The summed E-state index contributed by atoms with van der Waals surface area (Å²) in [6, 6.07) is 6.82. The zero-order chi connectivity index (χ0) is 15.1. The average molecular weight is 341 g/mol. The molecule has 0 atom stereocenters. The molecule has 0 saturated carbocycles. The first-order chi connectivity index (χ1) is 9.95. The van der Waals surface area contributed by atoms with Crippen LogP contribution in [0.4, 0.5) is 0 Å². The number of fused-ring (bicyclic) bond motifs is 1. The summed E-state index contributed by atoms with van der Waals surface area (Å²) in [5.41, 5.74) is 0.00731. The number of hydrogen-bond acceptors (Lipinski definition) is 3. The number of aromatic nitrogens is 2. The molecule has 0 aliphatic heterocycles. The fourth-order valence-corrected chi connectivity index (χ4v) is 3.35. The van der Waals surface area contributed by atoms with E-state index < -0.39 is 5.69 Å². The van der Waals surface area contributed by atoms with Gasteiger partial charge in [-0.2, -0.15) is 0 Å². The number of halogens is 2. The Kier molecular flexibility index (Phi) is 3.65. The smallest absolute Gasteiger partial charge is 0.298 e. The Labute approximate surface area is 133 Å². The van der Waals surface area contributed by atoms with Crippen LogP contribution in [-0.4, -0.2) is 9.55 Å². The number of H-pyrrole nitrogens is 1. The van der Waals surface area contributed by atoms with Crippen LogP contribution in [0.15, 0.2) is 33.9 Å². The Morgan fingerprint density at radius 3 is 2.67 bits per heavy atom. The second-order valence-electron chi connectivity index (χ2n) is 4.67. The summed E-state index contributed by atoms with van der Waals surface area (Å²) in [5, 5.41) is 1.36. The van der Waals surface area contributed by atoms with Gasteiger partial charge in [-0.15, -0.1) is 11.3 Å². The minimum absolute atomic E-state index is 0.149. The van der Waals surface area contributed by atoms with Crippen LogP contribution < -0.4 is 11.2 Å². The summed E-state index contributed by atoms with van der Waals surface area (Å²) >= 11 is 13.2. The first-order valence-corrected chi connectivity index (χ1v) is 7.70. The molecule has 0 aliphatic rings. The van der Waals surface area contributed by atoms with Crippen molar-refractivity contribution in [2.24, 2.45) is 0 Å². The van der Waals surface area contributed by atoms with Crippen molar-refractivity contribution in [3.05, 3.63) is 65.6 Å². The van der Waals surface area contributed by atoms with Crippen LogP contribution in [-0.2, 0) is 6.54 Å². The van der Waals surface area contributed by atoms with Gasteiger partial charge in [0.05, 0.1) is 22.0 Å². The molecule has 0 bridgehead atoms. The Balaban J connectivity index is 2.14. The Morgan fingerprint density at radius 1 is 1.19 bits per heavy atom. The molecule has 0 amide bonds. The number of aromatic amines is 1. The fraction of sp³-hybridized carbons (Fsp3) is 0.143. The molecule has 108 valence electrons. The third kappa shape index (κ3) is 2.64. The monoisotopic (exact) mass is 340 g/mol. The molecular weight excluding hydrogens is 331 g/mol. The fourth-order valence-electron chi connectivity index (χ4n) is 2.13. The van der Waals surface area contributed by atoms with E-state index in [1.807, 2.05) is 6.92 Å². The summed E-state index contributed by atoms with van der Waals surface area (Å²) in [7, 11) is 0. The van der Waals surface area contributed by atoms with E-state index in [0.717, 1.165) is 15.0 Å². The van der Waals surface area contributed by atoms with E-state index in [4.69, 9.17) is 23.2 Å². The Hall–Kier alpha value is -1.56. The van der Waals surface area contributed by atoms with Crippen LogP contribution in [0, 0.1) is 6.92 Å². The predicted octanol–water partition coefficient (Wildman–Crippen LogP) is 3.41. The lowest BCUT2D eigenvalue weighted by Crippen LogP contribution is -2.34. The van der Waals surface area contributed by atoms with Crippen LogP contribution in [0.1, 0.15) is 10.4 Å². The van der Waals surface area contributed by atoms with Gasteiger partial charge in [-0.3, -0.25) is 14.3 Å². The molecule has 0 fully saturated rings. The molecule has 0 saturated heterocycles. The molecule has 7 heteroatoms. The number of rotatable bonds is 2. The SMILES string of the molecule is Cc1cc2c(=O)n(Cc3ccc(Cl)c(Cl)c3)c(=O)[nH]c2s1. The molecule has 2 aromatic heterocycles. The van der Waals surface area contributed by atoms with Crippen molar-refractivity contribution >= 4 is 44.8 Å². The molecule has 3 rings (SSSR count). The van der Waals surface area contributed by atoms with Crippen molar-refractivity contribution < 1.29 is 0 Å². The van der Waals surface area contributed by atoms with Gasteiger partial charge in [0.1, 0.15) is 4.83 Å². The minimum Gasteiger partial charge on any atom is -0.298 e. The lowest BCUT2D eigenvalue weighted by Gasteiger charge is -2.06. The van der Waals surface area contributed by atoms with Crippen molar-refractivity contribution in [2.75, 3.05) is 0 Å². The lowest BCUT2D eigenvalue weighted by atomic mass is 10.2. The number of aryl methyl sites for hydroxylation is 1. The van der Waals surface area contributed by atoms with E-state index in [2.05, 4.69) is 4.98 Å². The van der Waals surface area contributed by atoms with Crippen molar-refractivity contribution in [3.8, 4) is 0 Å². The highest BCUT2D eigenvalue weighted by Gasteiger charge is 2.11. The van der Waals surface area contributed by atoms with E-state index in [9.17, 15) is 9.59 Å². The van der Waals surface area contributed by atoms with Crippen molar-refractivity contribution in [3.63, 3.8) is 0 Å². The van der Waals surface area contributed by atoms with Crippen molar-refractivity contribution in [1.29, 1.82) is 0 Å². The number of thiophene rings is 1. The van der Waals surface area contributed by atoms with E-state index in [-0.39, 0.29) is 12.1 Å². The molecule has 0 radical (unpaired) electrons. The second kappa shape index (κ2) is 5.33. The van der Waals surface area contributed by atoms with Crippen LogP contribution >= 0.6 is 34.5 Å². The van der Waals surface area contributed by atoms with Crippen LogP contribution in [0.3, 0.4) is 0 Å². The van der Waals surface area contributed by atoms with E-state index >= 15 is 0 Å². The van der Waals surface area contributed by atoms with Crippen LogP contribution in [0.25, 0.3) is 10.2 Å². The largest absolute Gasteiger partial charge is 0.329 e. The van der Waals surface area contributed by atoms with E-state index in [1.54, 1.807) is 24.3 Å². The van der Waals surface area contributed by atoms with Gasteiger partial charge < -0.3 is 0 Å². The zero-order valence-corrected chi connectivity index (χ0v) is 13.3. The number of hydrogen-bond donors (Lipinski definition) is 1. The first kappa shape index (κ1) is 14.4. The third-order valence-corrected chi connectivity index (χ3v) is 4.83. The number of benzene rings is 1. The first-order valence-electron chi connectivity index (χ1n) is 6.13. The van der Waals surface area contributed by atoms with Gasteiger partial charge in [-0.05, 0) is 30.7 Å². The molecule has 0 spiro atoms. The number of nitrogens with one attached hydrogen (secondary N) is 1. The summed E-state index contributed by atoms with van der Waals surface area (Å²) in [5.74, 6) is 0. The van der Waals surface area contributed by atoms with Crippen molar-refractivity contribution in [1.82, 2.24) is 9.55 Å². The maximum absolute atomic E-state index is 12.4. The second-order valence-corrected chi connectivity index (χ2v) is 6.74. The third-order valence-electron chi connectivity index (χ3n) is 3.12. The van der Waals surface area contributed by atoms with E-state index in [0.29, 0.717) is 20.3 Å². The molecule has 1 aromatic carbocycles. The highest BCUT2D eigenvalue weighted by molar-refractivity contribution is 7.18. The highest BCUT2D eigenvalue weighted by atomic mass is 35.5. The van der Waals surface area contributed by atoms with Gasteiger partial charge in [0.25, 0.3) is 5.56 Å². The average Bonchev–Trinajstić information content (AvgIpc) is 2.79. The predicted molar refractivity (Wildman–Crippen MR) is 87.0 cm³/mol. The van der Waals surface area contributed by atoms with Gasteiger partial charge in [0, 0.05) is 4.88 Å².